The largest absolute Gasteiger partial charge is 0.317 e. The number of hydrogen-bond acceptors (Lipinski definition) is 3. The number of nitrogens with one attached hydrogen (secondary N) is 1. The fourth-order valence-corrected chi connectivity index (χ4v) is 2.33. The maximum Gasteiger partial charge on any atom is -0.000664 e. The Balaban J connectivity index is 1.75. The van der Waals surface area contributed by atoms with Crippen LogP contribution in [-0.4, -0.2) is 49.6 Å². The summed E-state index contributed by atoms with van der Waals surface area (Å²) in [4.78, 5) is 2.59. The lowest BCUT2D eigenvalue weighted by Gasteiger charge is -2.14. The van der Waals surface area contributed by atoms with Crippen LogP contribution in [0.2, 0.25) is 0 Å². The van der Waals surface area contributed by atoms with Crippen molar-refractivity contribution in [3.63, 3.8) is 0 Å². The van der Waals surface area contributed by atoms with Crippen LogP contribution in [0.15, 0.2) is 0 Å². The highest BCUT2D eigenvalue weighted by Crippen LogP contribution is 2.06. The van der Waals surface area contributed by atoms with E-state index in [9.17, 15) is 0 Å². The van der Waals surface area contributed by atoms with Crippen molar-refractivity contribution < 1.29 is 0 Å². The van der Waals surface area contributed by atoms with Crippen molar-refractivity contribution in [2.75, 3.05) is 44.7 Å². The van der Waals surface area contributed by atoms with E-state index in [2.05, 4.69) is 16.5 Å². The average molecular weight is 216 g/mol. The van der Waals surface area contributed by atoms with E-state index < -0.39 is 0 Å². The molecule has 0 atom stereocenters. The lowest BCUT2D eigenvalue weighted by atomic mass is 10.3. The minimum absolute atomic E-state index is 1.20. The summed E-state index contributed by atoms with van der Waals surface area (Å²) in [5, 5.41) is 3.50. The average Bonchev–Trinajstić information content (AvgIpc) is 2.69. The Morgan fingerprint density at radius 3 is 2.57 bits per heavy atom. The molecule has 1 fully saturated rings. The van der Waals surface area contributed by atoms with Gasteiger partial charge in [0.2, 0.25) is 0 Å². The number of likely N-dealkylation sites (tertiary alicyclic amines) is 1. The van der Waals surface area contributed by atoms with Crippen molar-refractivity contribution in [3.05, 3.63) is 0 Å². The fraction of sp³-hybridized carbons (Fsp3) is 1.00. The summed E-state index contributed by atoms with van der Waals surface area (Å²) in [6, 6.07) is 0. The third-order valence-corrected chi connectivity index (χ3v) is 3.43. The van der Waals surface area contributed by atoms with Gasteiger partial charge in [-0.1, -0.05) is 0 Å². The summed E-state index contributed by atoms with van der Waals surface area (Å²) in [6.07, 6.45) is 7.64. The van der Waals surface area contributed by atoms with E-state index in [1.54, 1.807) is 0 Å². The molecule has 0 saturated carbocycles. The van der Waals surface area contributed by atoms with Crippen LogP contribution in [0.3, 0.4) is 0 Å². The van der Waals surface area contributed by atoms with Crippen LogP contribution < -0.4 is 5.32 Å². The van der Waals surface area contributed by atoms with E-state index in [0.29, 0.717) is 0 Å². The van der Waals surface area contributed by atoms with E-state index in [1.807, 2.05) is 11.8 Å². The molecular formula is C11H24N2S. The molecular weight excluding hydrogens is 192 g/mol. The van der Waals surface area contributed by atoms with Gasteiger partial charge in [-0.3, -0.25) is 0 Å². The van der Waals surface area contributed by atoms with Crippen LogP contribution >= 0.6 is 11.8 Å². The molecule has 0 aromatic heterocycles. The smallest absolute Gasteiger partial charge is 0.000664 e. The molecule has 0 spiro atoms. The second-order valence-electron chi connectivity index (χ2n) is 4.00. The number of rotatable bonds is 8. The molecule has 84 valence electrons. The first-order valence-electron chi connectivity index (χ1n) is 5.85. The Morgan fingerprint density at radius 1 is 1.14 bits per heavy atom. The van der Waals surface area contributed by atoms with Crippen molar-refractivity contribution in [2.45, 2.75) is 25.7 Å². The standard InChI is InChI=1S/C11H24N2S/c1-14-11-5-7-12-6-4-10-13-8-2-3-9-13/h12H,2-11H2,1H3. The first kappa shape index (κ1) is 12.3. The van der Waals surface area contributed by atoms with Gasteiger partial charge >= 0.3 is 0 Å². The van der Waals surface area contributed by atoms with Crippen molar-refractivity contribution >= 4 is 11.8 Å². The molecule has 1 rings (SSSR count). The Morgan fingerprint density at radius 2 is 1.86 bits per heavy atom. The van der Waals surface area contributed by atoms with Crippen LogP contribution in [0.1, 0.15) is 25.7 Å². The predicted molar refractivity (Wildman–Crippen MR) is 66.2 cm³/mol. The monoisotopic (exact) mass is 216 g/mol. The summed E-state index contributed by atoms with van der Waals surface area (Å²) in [7, 11) is 0. The van der Waals surface area contributed by atoms with Crippen LogP contribution in [0.4, 0.5) is 0 Å². The second-order valence-corrected chi connectivity index (χ2v) is 4.98. The first-order valence-corrected chi connectivity index (χ1v) is 7.25. The van der Waals surface area contributed by atoms with Gasteiger partial charge in [-0.05, 0) is 70.4 Å². The first-order chi connectivity index (χ1) is 6.93. The zero-order chi connectivity index (χ0) is 10.1. The van der Waals surface area contributed by atoms with Gasteiger partial charge in [0, 0.05) is 0 Å². The van der Waals surface area contributed by atoms with E-state index in [1.165, 1.54) is 64.2 Å². The highest BCUT2D eigenvalue weighted by atomic mass is 32.2. The third-order valence-electron chi connectivity index (χ3n) is 2.73. The minimum Gasteiger partial charge on any atom is -0.317 e. The van der Waals surface area contributed by atoms with E-state index >= 15 is 0 Å². The second kappa shape index (κ2) is 8.57. The Hall–Kier alpha value is 0.270. The maximum atomic E-state index is 3.50. The zero-order valence-corrected chi connectivity index (χ0v) is 10.2. The van der Waals surface area contributed by atoms with Gasteiger partial charge in [-0.25, -0.2) is 0 Å². The lowest BCUT2D eigenvalue weighted by Crippen LogP contribution is -2.25. The molecule has 1 saturated heterocycles. The van der Waals surface area contributed by atoms with Crippen LogP contribution in [0.5, 0.6) is 0 Å². The van der Waals surface area contributed by atoms with Crippen molar-refractivity contribution in [1.29, 1.82) is 0 Å². The van der Waals surface area contributed by atoms with Gasteiger partial charge in [0.05, 0.1) is 0 Å². The SMILES string of the molecule is CSCCCNCCCN1CCCC1. The van der Waals surface area contributed by atoms with Gasteiger partial charge in [0.15, 0.2) is 0 Å². The normalized spacial score (nSPS) is 17.8. The molecule has 3 heteroatoms. The van der Waals surface area contributed by atoms with E-state index in [-0.39, 0.29) is 0 Å². The van der Waals surface area contributed by atoms with Gasteiger partial charge in [0.1, 0.15) is 0 Å². The van der Waals surface area contributed by atoms with Crippen LogP contribution in [0, 0.1) is 0 Å². The number of thioether (sulfide) groups is 1. The molecule has 0 aromatic carbocycles. The Bertz CT molecular complexity index is 124. The van der Waals surface area contributed by atoms with Crippen molar-refractivity contribution in [1.82, 2.24) is 10.2 Å². The summed E-state index contributed by atoms with van der Waals surface area (Å²) in [5.74, 6) is 1.29. The van der Waals surface area contributed by atoms with Gasteiger partial charge < -0.3 is 10.2 Å². The number of nitrogens with zero attached hydrogens (tertiary/aromatic N) is 1. The molecule has 1 aliphatic heterocycles. The molecule has 0 aliphatic carbocycles. The Kier molecular flexibility index (Phi) is 7.55. The third kappa shape index (κ3) is 5.89. The molecule has 1 aliphatic rings. The van der Waals surface area contributed by atoms with Gasteiger partial charge in [-0.2, -0.15) is 11.8 Å². The molecule has 0 amide bonds. The van der Waals surface area contributed by atoms with Gasteiger partial charge in [0.25, 0.3) is 0 Å². The van der Waals surface area contributed by atoms with Gasteiger partial charge in [-0.15, -0.1) is 0 Å². The zero-order valence-electron chi connectivity index (χ0n) is 9.43. The topological polar surface area (TPSA) is 15.3 Å². The summed E-state index contributed by atoms with van der Waals surface area (Å²) in [5.41, 5.74) is 0. The fourth-order valence-electron chi connectivity index (χ4n) is 1.90. The molecule has 0 bridgehead atoms. The highest BCUT2D eigenvalue weighted by molar-refractivity contribution is 7.98. The summed E-state index contributed by atoms with van der Waals surface area (Å²) >= 11 is 1.94. The quantitative estimate of drug-likeness (QED) is 0.623. The molecule has 14 heavy (non-hydrogen) atoms. The molecule has 0 radical (unpaired) electrons. The summed E-state index contributed by atoms with van der Waals surface area (Å²) in [6.45, 7) is 6.38. The Labute approximate surface area is 92.8 Å². The van der Waals surface area contributed by atoms with Crippen LogP contribution in [-0.2, 0) is 0 Å². The van der Waals surface area contributed by atoms with E-state index in [4.69, 9.17) is 0 Å². The maximum absolute atomic E-state index is 3.50. The molecule has 1 N–H and O–H groups in total. The minimum atomic E-state index is 1.20. The lowest BCUT2D eigenvalue weighted by molar-refractivity contribution is 0.331. The van der Waals surface area contributed by atoms with Crippen molar-refractivity contribution in [2.24, 2.45) is 0 Å². The van der Waals surface area contributed by atoms with Crippen molar-refractivity contribution in [3.8, 4) is 0 Å². The van der Waals surface area contributed by atoms with E-state index in [0.717, 1.165) is 0 Å². The summed E-state index contributed by atoms with van der Waals surface area (Å²) < 4.78 is 0. The predicted octanol–water partition coefficient (Wildman–Crippen LogP) is 1.81. The number of hydrogen-bond donors (Lipinski definition) is 1. The molecule has 0 aromatic rings. The molecule has 1 heterocycles. The van der Waals surface area contributed by atoms with Crippen LogP contribution in [0.25, 0.3) is 0 Å². The molecule has 0 unspecified atom stereocenters. The molecule has 2 nitrogen and oxygen atoms in total. The highest BCUT2D eigenvalue weighted by Gasteiger charge is 2.09.